The van der Waals surface area contributed by atoms with Gasteiger partial charge in [0, 0.05) is 43.6 Å². The number of rotatable bonds is 5. The zero-order valence-electron chi connectivity index (χ0n) is 17.6. The molecule has 3 rings (SSSR count). The highest BCUT2D eigenvalue weighted by atomic mass is 127. The number of anilines is 1. The van der Waals surface area contributed by atoms with Crippen LogP contribution in [0.3, 0.4) is 0 Å². The molecule has 1 unspecified atom stereocenters. The minimum atomic E-state index is -0.0268. The molecule has 0 aliphatic carbocycles. The Morgan fingerprint density at radius 1 is 1.17 bits per heavy atom. The molecule has 2 aromatic carbocycles. The van der Waals surface area contributed by atoms with Gasteiger partial charge in [-0.1, -0.05) is 61.9 Å². The van der Waals surface area contributed by atoms with E-state index in [1.54, 1.807) is 7.05 Å². The summed E-state index contributed by atoms with van der Waals surface area (Å²) in [7, 11) is 1.77. The van der Waals surface area contributed by atoms with Gasteiger partial charge < -0.3 is 16.0 Å². The van der Waals surface area contributed by atoms with E-state index in [9.17, 15) is 4.79 Å². The SMILES string of the molecule is CN=C(NCC1CC(=O)Nc2ccccc21)NCC(C)(C)c1cccc(C)c1.I. The summed E-state index contributed by atoms with van der Waals surface area (Å²) in [5.41, 5.74) is 4.62. The van der Waals surface area contributed by atoms with Crippen molar-refractivity contribution in [2.24, 2.45) is 4.99 Å². The summed E-state index contributed by atoms with van der Waals surface area (Å²) in [6, 6.07) is 16.6. The summed E-state index contributed by atoms with van der Waals surface area (Å²) in [5, 5.41) is 9.78. The van der Waals surface area contributed by atoms with Crippen LogP contribution in [0.2, 0.25) is 0 Å². The van der Waals surface area contributed by atoms with Crippen molar-refractivity contribution in [3.05, 3.63) is 65.2 Å². The van der Waals surface area contributed by atoms with Gasteiger partial charge in [0.25, 0.3) is 0 Å². The molecule has 29 heavy (non-hydrogen) atoms. The number of guanidine groups is 1. The number of fused-ring (bicyclic) bond motifs is 1. The predicted octanol–water partition coefficient (Wildman–Crippen LogP) is 4.18. The number of amides is 1. The van der Waals surface area contributed by atoms with Crippen LogP contribution in [0.25, 0.3) is 0 Å². The van der Waals surface area contributed by atoms with E-state index >= 15 is 0 Å². The highest BCUT2D eigenvalue weighted by Gasteiger charge is 2.25. The van der Waals surface area contributed by atoms with E-state index in [1.165, 1.54) is 16.7 Å². The average molecular weight is 506 g/mol. The average Bonchev–Trinajstić information content (AvgIpc) is 2.67. The summed E-state index contributed by atoms with van der Waals surface area (Å²) in [5.74, 6) is 0.950. The number of halogens is 1. The van der Waals surface area contributed by atoms with Gasteiger partial charge in [-0.2, -0.15) is 0 Å². The summed E-state index contributed by atoms with van der Waals surface area (Å²) in [6.45, 7) is 7.99. The third-order valence-electron chi connectivity index (χ3n) is 5.34. The van der Waals surface area contributed by atoms with Crippen molar-refractivity contribution in [2.75, 3.05) is 25.5 Å². The minimum Gasteiger partial charge on any atom is -0.356 e. The number of carbonyl (C=O) groups excluding carboxylic acids is 1. The van der Waals surface area contributed by atoms with E-state index in [0.29, 0.717) is 13.0 Å². The first-order valence-corrected chi connectivity index (χ1v) is 9.79. The maximum Gasteiger partial charge on any atom is 0.225 e. The molecule has 0 saturated carbocycles. The largest absolute Gasteiger partial charge is 0.356 e. The molecule has 1 amide bonds. The third kappa shape index (κ3) is 5.95. The van der Waals surface area contributed by atoms with Gasteiger partial charge in [-0.25, -0.2) is 0 Å². The second-order valence-corrected chi connectivity index (χ2v) is 8.10. The molecule has 6 heteroatoms. The van der Waals surface area contributed by atoms with Crippen molar-refractivity contribution in [1.29, 1.82) is 0 Å². The molecule has 156 valence electrons. The summed E-state index contributed by atoms with van der Waals surface area (Å²) in [6.07, 6.45) is 0.482. The van der Waals surface area contributed by atoms with Crippen LogP contribution >= 0.6 is 24.0 Å². The number of carbonyl (C=O) groups is 1. The number of benzene rings is 2. The second-order valence-electron chi connectivity index (χ2n) is 8.10. The first-order chi connectivity index (χ1) is 13.4. The molecule has 1 heterocycles. The Labute approximate surface area is 190 Å². The molecule has 1 aliphatic rings. The van der Waals surface area contributed by atoms with Crippen LogP contribution in [0.15, 0.2) is 53.5 Å². The van der Waals surface area contributed by atoms with Gasteiger partial charge in [0.2, 0.25) is 5.91 Å². The molecule has 3 N–H and O–H groups in total. The molecule has 2 aromatic rings. The summed E-state index contributed by atoms with van der Waals surface area (Å²) >= 11 is 0. The molecule has 1 atom stereocenters. The van der Waals surface area contributed by atoms with Crippen molar-refractivity contribution in [2.45, 2.75) is 38.5 Å². The maximum atomic E-state index is 12.0. The van der Waals surface area contributed by atoms with Crippen LogP contribution in [0.4, 0.5) is 5.69 Å². The van der Waals surface area contributed by atoms with Gasteiger partial charge in [-0.3, -0.25) is 9.79 Å². The Kier molecular flexibility index (Phi) is 8.07. The fraction of sp³-hybridized carbons (Fsp3) is 0.391. The Morgan fingerprint density at radius 2 is 1.93 bits per heavy atom. The third-order valence-corrected chi connectivity index (χ3v) is 5.34. The van der Waals surface area contributed by atoms with E-state index in [2.05, 4.69) is 72.0 Å². The molecule has 5 nitrogen and oxygen atoms in total. The van der Waals surface area contributed by atoms with Gasteiger partial charge in [-0.15, -0.1) is 24.0 Å². The molecule has 0 spiro atoms. The standard InChI is InChI=1S/C23H30N4O.HI/c1-16-8-7-9-18(12-16)23(2,3)15-26-22(24-4)25-14-17-13-21(28)27-20-11-6-5-10-19(17)20;/h5-12,17H,13-15H2,1-4H3,(H,27,28)(H2,24,25,26);1H. The van der Waals surface area contributed by atoms with Crippen LogP contribution in [-0.2, 0) is 10.2 Å². The molecule has 0 fully saturated rings. The molecule has 0 radical (unpaired) electrons. The summed E-state index contributed by atoms with van der Waals surface area (Å²) in [4.78, 5) is 16.4. The Morgan fingerprint density at radius 3 is 2.66 bits per heavy atom. The van der Waals surface area contributed by atoms with Crippen LogP contribution in [-0.4, -0.2) is 32.0 Å². The van der Waals surface area contributed by atoms with E-state index in [4.69, 9.17) is 0 Å². The molecule has 0 saturated heterocycles. The van der Waals surface area contributed by atoms with Crippen LogP contribution in [0.5, 0.6) is 0 Å². The zero-order chi connectivity index (χ0) is 20.1. The van der Waals surface area contributed by atoms with E-state index in [0.717, 1.165) is 18.2 Å². The Balaban J connectivity index is 0.00000300. The number of aryl methyl sites for hydroxylation is 1. The van der Waals surface area contributed by atoms with E-state index in [1.807, 2.05) is 18.2 Å². The fourth-order valence-electron chi connectivity index (χ4n) is 3.60. The highest BCUT2D eigenvalue weighted by molar-refractivity contribution is 14.0. The quantitative estimate of drug-likeness (QED) is 0.324. The Bertz CT molecular complexity index is 879. The Hall–Kier alpha value is -2.09. The summed E-state index contributed by atoms with van der Waals surface area (Å²) < 4.78 is 0. The molecule has 0 aromatic heterocycles. The van der Waals surface area contributed by atoms with Gasteiger partial charge in [0.15, 0.2) is 5.96 Å². The number of hydrogen-bond acceptors (Lipinski definition) is 2. The van der Waals surface area contributed by atoms with Crippen LogP contribution < -0.4 is 16.0 Å². The molecular formula is C23H31IN4O. The van der Waals surface area contributed by atoms with Crippen LogP contribution in [0.1, 0.15) is 42.9 Å². The lowest BCUT2D eigenvalue weighted by Gasteiger charge is -2.29. The topological polar surface area (TPSA) is 65.5 Å². The number of nitrogens with one attached hydrogen (secondary N) is 3. The molecule has 1 aliphatic heterocycles. The lowest BCUT2D eigenvalue weighted by molar-refractivity contribution is -0.116. The highest BCUT2D eigenvalue weighted by Crippen LogP contribution is 2.31. The number of aliphatic imine (C=N–C) groups is 1. The van der Waals surface area contributed by atoms with Crippen molar-refractivity contribution in [3.8, 4) is 0 Å². The van der Waals surface area contributed by atoms with Gasteiger partial charge >= 0.3 is 0 Å². The number of para-hydroxylation sites is 1. The van der Waals surface area contributed by atoms with Crippen molar-refractivity contribution >= 4 is 41.5 Å². The van der Waals surface area contributed by atoms with Crippen molar-refractivity contribution in [1.82, 2.24) is 10.6 Å². The minimum absolute atomic E-state index is 0. The van der Waals surface area contributed by atoms with Crippen LogP contribution in [0, 0.1) is 6.92 Å². The number of nitrogens with zero attached hydrogens (tertiary/aromatic N) is 1. The van der Waals surface area contributed by atoms with Gasteiger partial charge in [0.1, 0.15) is 0 Å². The first kappa shape index (κ1) is 23.2. The van der Waals surface area contributed by atoms with Gasteiger partial charge in [0.05, 0.1) is 0 Å². The zero-order valence-corrected chi connectivity index (χ0v) is 19.9. The van der Waals surface area contributed by atoms with Gasteiger partial charge in [-0.05, 0) is 24.1 Å². The van der Waals surface area contributed by atoms with Crippen molar-refractivity contribution < 1.29 is 4.79 Å². The lowest BCUT2D eigenvalue weighted by atomic mass is 9.84. The molecular weight excluding hydrogens is 475 g/mol. The van der Waals surface area contributed by atoms with Crippen molar-refractivity contribution in [3.63, 3.8) is 0 Å². The van der Waals surface area contributed by atoms with E-state index < -0.39 is 0 Å². The maximum absolute atomic E-state index is 12.0. The normalized spacial score (nSPS) is 16.3. The fourth-order valence-corrected chi connectivity index (χ4v) is 3.60. The smallest absolute Gasteiger partial charge is 0.225 e. The molecule has 0 bridgehead atoms. The first-order valence-electron chi connectivity index (χ1n) is 9.79. The second kappa shape index (κ2) is 10.1. The number of hydrogen-bond donors (Lipinski definition) is 3. The van der Waals surface area contributed by atoms with E-state index in [-0.39, 0.29) is 41.2 Å². The lowest BCUT2D eigenvalue weighted by Crippen LogP contribution is -2.45. The predicted molar refractivity (Wildman–Crippen MR) is 131 cm³/mol. The monoisotopic (exact) mass is 506 g/mol.